The van der Waals surface area contributed by atoms with E-state index in [9.17, 15) is 9.18 Å². The molecule has 0 aliphatic carbocycles. The number of pyridine rings is 1. The topological polar surface area (TPSA) is 80.4 Å². The van der Waals surface area contributed by atoms with E-state index in [-0.39, 0.29) is 5.91 Å². The molecule has 3 N–H and O–H groups in total. The van der Waals surface area contributed by atoms with E-state index >= 15 is 0 Å². The Morgan fingerprint density at radius 3 is 2.88 bits per heavy atom. The average molecular weight is 358 g/mol. The van der Waals surface area contributed by atoms with Crippen LogP contribution in [0, 0.1) is 5.95 Å². The van der Waals surface area contributed by atoms with Gasteiger partial charge in [-0.2, -0.15) is 4.39 Å². The summed E-state index contributed by atoms with van der Waals surface area (Å²) in [4.78, 5) is 19.8. The van der Waals surface area contributed by atoms with Gasteiger partial charge in [0.25, 0.3) is 0 Å². The third-order valence-corrected chi connectivity index (χ3v) is 4.94. The molecule has 2 heterocycles. The highest BCUT2D eigenvalue weighted by atomic mass is 32.2. The number of benzene rings is 1. The van der Waals surface area contributed by atoms with Crippen molar-refractivity contribution in [1.82, 2.24) is 4.98 Å². The largest absolute Gasteiger partial charge is 0.379 e. The molecule has 0 saturated carbocycles. The Bertz CT molecular complexity index is 855. The van der Waals surface area contributed by atoms with Crippen LogP contribution in [0.4, 0.5) is 10.1 Å². The zero-order valence-corrected chi connectivity index (χ0v) is 14.9. The molecule has 1 amide bonds. The van der Waals surface area contributed by atoms with Crippen LogP contribution in [-0.4, -0.2) is 21.8 Å². The maximum Gasteiger partial charge on any atom is 0.221 e. The number of hydrogen-bond donors (Lipinski definition) is 2. The fourth-order valence-corrected chi connectivity index (χ4v) is 3.84. The highest BCUT2D eigenvalue weighted by Gasteiger charge is 2.30. The van der Waals surface area contributed by atoms with Crippen molar-refractivity contribution in [2.45, 2.75) is 25.8 Å². The number of nitrogens with one attached hydrogen (secondary N) is 1. The third kappa shape index (κ3) is 3.82. The molecule has 1 aliphatic heterocycles. The van der Waals surface area contributed by atoms with Gasteiger partial charge in [0, 0.05) is 30.1 Å². The van der Waals surface area contributed by atoms with Gasteiger partial charge in [0.1, 0.15) is 0 Å². The molecule has 0 radical (unpaired) electrons. The first-order valence-corrected chi connectivity index (χ1v) is 8.88. The molecule has 1 aromatic heterocycles. The monoisotopic (exact) mass is 358 g/mol. The van der Waals surface area contributed by atoms with Crippen LogP contribution in [0.1, 0.15) is 25.8 Å². The predicted molar refractivity (Wildman–Crippen MR) is 100.0 cm³/mol. The first kappa shape index (κ1) is 17.4. The van der Waals surface area contributed by atoms with Crippen molar-refractivity contribution >= 4 is 28.5 Å². The van der Waals surface area contributed by atoms with Crippen LogP contribution < -0.4 is 11.1 Å². The highest BCUT2D eigenvalue weighted by molar-refractivity contribution is 8.13. The molecule has 1 aliphatic rings. The molecule has 1 atom stereocenters. The van der Waals surface area contributed by atoms with Crippen molar-refractivity contribution in [1.29, 1.82) is 0 Å². The average Bonchev–Trinajstić information content (AvgIpc) is 2.54. The summed E-state index contributed by atoms with van der Waals surface area (Å²) >= 11 is 1.52. The number of carbonyl (C=O) groups is 1. The number of amidine groups is 1. The van der Waals surface area contributed by atoms with Gasteiger partial charge >= 0.3 is 0 Å². The molecule has 2 aromatic rings. The number of aliphatic imine (C=N–C) groups is 1. The van der Waals surface area contributed by atoms with E-state index in [0.717, 1.165) is 17.7 Å². The second kappa shape index (κ2) is 6.84. The first-order chi connectivity index (χ1) is 11.9. The minimum Gasteiger partial charge on any atom is -0.379 e. The van der Waals surface area contributed by atoms with Crippen LogP contribution in [-0.2, 0) is 10.3 Å². The van der Waals surface area contributed by atoms with Gasteiger partial charge in [0.05, 0.1) is 5.54 Å². The standard InChI is InChI=1S/C18H19FN4OS/c1-11(24)22-14-9-12(15-4-3-6-21-16(15)19)8-13(10-14)18(2)5-7-25-17(20)23-18/h3-4,6,8-10H,5,7H2,1-2H3,(H2,20,23)(H,22,24). The maximum absolute atomic E-state index is 14.2. The Morgan fingerprint density at radius 2 is 2.20 bits per heavy atom. The molecule has 25 heavy (non-hydrogen) atoms. The molecule has 5 nitrogen and oxygen atoms in total. The maximum atomic E-state index is 14.2. The van der Waals surface area contributed by atoms with Crippen molar-refractivity contribution in [3.05, 3.63) is 48.0 Å². The Morgan fingerprint density at radius 1 is 1.40 bits per heavy atom. The SMILES string of the molecule is CC(=O)Nc1cc(-c2cccnc2F)cc(C2(C)CCSC(N)=N2)c1. The van der Waals surface area contributed by atoms with E-state index in [0.29, 0.717) is 22.0 Å². The van der Waals surface area contributed by atoms with Crippen LogP contribution in [0.25, 0.3) is 11.1 Å². The number of aromatic nitrogens is 1. The normalized spacial score (nSPS) is 20.0. The van der Waals surface area contributed by atoms with Crippen LogP contribution in [0.2, 0.25) is 0 Å². The van der Waals surface area contributed by atoms with E-state index < -0.39 is 11.5 Å². The van der Waals surface area contributed by atoms with Crippen LogP contribution in [0.5, 0.6) is 0 Å². The van der Waals surface area contributed by atoms with Gasteiger partial charge in [-0.3, -0.25) is 9.79 Å². The zero-order valence-electron chi connectivity index (χ0n) is 14.0. The first-order valence-electron chi connectivity index (χ1n) is 7.89. The summed E-state index contributed by atoms with van der Waals surface area (Å²) < 4.78 is 14.2. The number of anilines is 1. The van der Waals surface area contributed by atoms with Crippen LogP contribution >= 0.6 is 11.8 Å². The lowest BCUT2D eigenvalue weighted by Gasteiger charge is -2.30. The Labute approximate surface area is 149 Å². The van der Waals surface area contributed by atoms with Crippen molar-refractivity contribution < 1.29 is 9.18 Å². The van der Waals surface area contributed by atoms with E-state index in [1.165, 1.54) is 24.9 Å². The summed E-state index contributed by atoms with van der Waals surface area (Å²) in [6.07, 6.45) is 2.21. The quantitative estimate of drug-likeness (QED) is 0.823. The smallest absolute Gasteiger partial charge is 0.221 e. The summed E-state index contributed by atoms with van der Waals surface area (Å²) in [6.45, 7) is 3.43. The molecule has 1 aromatic carbocycles. The zero-order chi connectivity index (χ0) is 18.0. The number of nitrogens with zero attached hydrogens (tertiary/aromatic N) is 2. The van der Waals surface area contributed by atoms with Gasteiger partial charge in [-0.15, -0.1) is 0 Å². The molecule has 3 rings (SSSR count). The molecule has 7 heteroatoms. The summed E-state index contributed by atoms with van der Waals surface area (Å²) in [5.74, 6) is 0.107. The number of amides is 1. The van der Waals surface area contributed by atoms with Gasteiger partial charge in [-0.1, -0.05) is 11.8 Å². The van der Waals surface area contributed by atoms with E-state index in [1.54, 1.807) is 18.2 Å². The number of thioether (sulfide) groups is 1. The second-order valence-electron chi connectivity index (χ2n) is 6.14. The lowest BCUT2D eigenvalue weighted by molar-refractivity contribution is -0.114. The summed E-state index contributed by atoms with van der Waals surface area (Å²) in [5.41, 5.74) is 7.88. The van der Waals surface area contributed by atoms with Crippen molar-refractivity contribution in [3.63, 3.8) is 0 Å². The minimum absolute atomic E-state index is 0.192. The molecule has 0 saturated heterocycles. The molecule has 0 spiro atoms. The fourth-order valence-electron chi connectivity index (χ4n) is 2.87. The molecule has 130 valence electrons. The van der Waals surface area contributed by atoms with Crippen LogP contribution in [0.3, 0.4) is 0 Å². The Kier molecular flexibility index (Phi) is 4.76. The summed E-state index contributed by atoms with van der Waals surface area (Å²) in [7, 11) is 0. The van der Waals surface area contributed by atoms with Crippen LogP contribution in [0.15, 0.2) is 41.5 Å². The Hall–Kier alpha value is -2.41. The Balaban J connectivity index is 2.15. The molecular weight excluding hydrogens is 339 g/mol. The number of rotatable bonds is 3. The van der Waals surface area contributed by atoms with E-state index in [1.807, 2.05) is 19.1 Å². The molecule has 0 bridgehead atoms. The molecular formula is C18H19FN4OS. The van der Waals surface area contributed by atoms with E-state index in [4.69, 9.17) is 5.73 Å². The predicted octanol–water partition coefficient (Wildman–Crippen LogP) is 3.51. The summed E-state index contributed by atoms with van der Waals surface area (Å²) in [6, 6.07) is 8.83. The molecule has 0 fully saturated rings. The van der Waals surface area contributed by atoms with Crippen molar-refractivity contribution in [3.8, 4) is 11.1 Å². The van der Waals surface area contributed by atoms with Gasteiger partial charge < -0.3 is 11.1 Å². The van der Waals surface area contributed by atoms with Crippen molar-refractivity contribution in [2.24, 2.45) is 10.7 Å². The fraction of sp³-hybridized carbons (Fsp3) is 0.278. The second-order valence-corrected chi connectivity index (χ2v) is 7.26. The van der Waals surface area contributed by atoms with Gasteiger partial charge in [0.15, 0.2) is 5.17 Å². The number of nitrogens with two attached hydrogens (primary N) is 1. The molecule has 1 unspecified atom stereocenters. The minimum atomic E-state index is -0.555. The van der Waals surface area contributed by atoms with Crippen molar-refractivity contribution in [2.75, 3.05) is 11.1 Å². The van der Waals surface area contributed by atoms with E-state index in [2.05, 4.69) is 15.3 Å². The lowest BCUT2D eigenvalue weighted by atomic mass is 9.87. The van der Waals surface area contributed by atoms with Gasteiger partial charge in [0.2, 0.25) is 11.9 Å². The highest BCUT2D eigenvalue weighted by Crippen LogP contribution is 2.38. The third-order valence-electron chi connectivity index (χ3n) is 4.14. The lowest BCUT2D eigenvalue weighted by Crippen LogP contribution is -2.29. The van der Waals surface area contributed by atoms with Gasteiger partial charge in [-0.25, -0.2) is 4.98 Å². The number of hydrogen-bond acceptors (Lipinski definition) is 5. The number of carbonyl (C=O) groups excluding carboxylic acids is 1. The summed E-state index contributed by atoms with van der Waals surface area (Å²) in [5, 5.41) is 3.31. The number of halogens is 1. The van der Waals surface area contributed by atoms with Gasteiger partial charge in [-0.05, 0) is 54.8 Å².